The number of benzene rings is 1. The zero-order chi connectivity index (χ0) is 10.7. The molecule has 0 fully saturated rings. The van der Waals surface area contributed by atoms with E-state index in [0.717, 1.165) is 0 Å². The summed E-state index contributed by atoms with van der Waals surface area (Å²) in [6, 6.07) is 4.97. The van der Waals surface area contributed by atoms with Gasteiger partial charge in [0.15, 0.2) is 5.78 Å². The third-order valence-electron chi connectivity index (χ3n) is 1.91. The highest BCUT2D eigenvalue weighted by molar-refractivity contribution is 9.09. The first-order valence-corrected chi connectivity index (χ1v) is 5.05. The van der Waals surface area contributed by atoms with Gasteiger partial charge in [-0.1, -0.05) is 22.0 Å². The summed E-state index contributed by atoms with van der Waals surface area (Å²) in [7, 11) is 0. The highest BCUT2D eigenvalue weighted by Crippen LogP contribution is 2.26. The Morgan fingerprint density at radius 1 is 1.64 bits per heavy atom. The van der Waals surface area contributed by atoms with Gasteiger partial charge in [0.1, 0.15) is 11.8 Å². The summed E-state index contributed by atoms with van der Waals surface area (Å²) < 4.78 is 0. The molecule has 0 aromatic heterocycles. The van der Waals surface area contributed by atoms with Crippen LogP contribution in [-0.2, 0) is 0 Å². The predicted octanol–water partition coefficient (Wildman–Crippen LogP) is 2.15. The Morgan fingerprint density at radius 2 is 2.29 bits per heavy atom. The van der Waals surface area contributed by atoms with Crippen molar-refractivity contribution in [1.82, 2.24) is 0 Å². The lowest BCUT2D eigenvalue weighted by atomic mass is 10.0. The molecule has 72 valence electrons. The summed E-state index contributed by atoms with van der Waals surface area (Å²) in [6.07, 6.45) is 0. The average Bonchev–Trinajstić information content (AvgIpc) is 2.18. The van der Waals surface area contributed by atoms with Crippen LogP contribution in [0.2, 0.25) is 0 Å². The lowest BCUT2D eigenvalue weighted by molar-refractivity contribution is 0.102. The summed E-state index contributed by atoms with van der Waals surface area (Å²) in [5.41, 5.74) is 1.02. The SMILES string of the molecule is Cc1ccc(C#N)c(O)c1C(=O)CBr. The molecular weight excluding hydrogens is 246 g/mol. The molecule has 0 aliphatic carbocycles. The molecule has 0 bridgehead atoms. The Morgan fingerprint density at radius 3 is 2.79 bits per heavy atom. The van der Waals surface area contributed by atoms with Crippen molar-refractivity contribution in [2.75, 3.05) is 5.33 Å². The Hall–Kier alpha value is -1.34. The molecule has 3 nitrogen and oxygen atoms in total. The zero-order valence-corrected chi connectivity index (χ0v) is 9.13. The molecule has 0 heterocycles. The van der Waals surface area contributed by atoms with Crippen LogP contribution in [0.4, 0.5) is 0 Å². The van der Waals surface area contributed by atoms with Gasteiger partial charge in [0.2, 0.25) is 0 Å². The molecule has 0 saturated carbocycles. The first-order valence-electron chi connectivity index (χ1n) is 3.93. The third kappa shape index (κ3) is 1.78. The molecule has 0 aliphatic heterocycles. The Balaban J connectivity index is 3.42. The van der Waals surface area contributed by atoms with Gasteiger partial charge in [0.05, 0.1) is 16.5 Å². The summed E-state index contributed by atoms with van der Waals surface area (Å²) in [5.74, 6) is -0.450. The van der Waals surface area contributed by atoms with Crippen molar-refractivity contribution in [2.24, 2.45) is 0 Å². The highest BCUT2D eigenvalue weighted by Gasteiger charge is 2.15. The van der Waals surface area contributed by atoms with Gasteiger partial charge >= 0.3 is 0 Å². The van der Waals surface area contributed by atoms with E-state index < -0.39 is 0 Å². The first kappa shape index (κ1) is 10.7. The van der Waals surface area contributed by atoms with Crippen molar-refractivity contribution in [2.45, 2.75) is 6.92 Å². The second kappa shape index (κ2) is 4.25. The molecule has 0 aliphatic rings. The van der Waals surface area contributed by atoms with Crippen LogP contribution in [0, 0.1) is 18.3 Å². The van der Waals surface area contributed by atoms with Crippen molar-refractivity contribution >= 4 is 21.7 Å². The van der Waals surface area contributed by atoms with E-state index in [1.54, 1.807) is 13.0 Å². The lowest BCUT2D eigenvalue weighted by Crippen LogP contribution is -2.04. The van der Waals surface area contributed by atoms with Crippen molar-refractivity contribution in [3.63, 3.8) is 0 Å². The molecule has 1 N–H and O–H groups in total. The number of carbonyl (C=O) groups is 1. The standard InChI is InChI=1S/C10H8BrNO2/c1-6-2-3-7(5-12)10(14)9(6)8(13)4-11/h2-3,14H,4H2,1H3. The summed E-state index contributed by atoms with van der Waals surface area (Å²) >= 11 is 3.02. The van der Waals surface area contributed by atoms with Crippen LogP contribution in [0.3, 0.4) is 0 Å². The minimum atomic E-state index is -0.225. The molecule has 0 unspecified atom stereocenters. The average molecular weight is 254 g/mol. The third-order valence-corrected chi connectivity index (χ3v) is 2.42. The molecule has 1 aromatic rings. The predicted molar refractivity (Wildman–Crippen MR) is 55.7 cm³/mol. The second-order valence-electron chi connectivity index (χ2n) is 2.82. The van der Waals surface area contributed by atoms with Crippen LogP contribution in [0.1, 0.15) is 21.5 Å². The summed E-state index contributed by atoms with van der Waals surface area (Å²) in [5, 5.41) is 18.4. The number of ketones is 1. The van der Waals surface area contributed by atoms with E-state index in [1.807, 2.05) is 6.07 Å². The van der Waals surface area contributed by atoms with Gasteiger partial charge in [0.25, 0.3) is 0 Å². The number of nitriles is 1. The number of carbonyl (C=O) groups excluding carboxylic acids is 1. The van der Waals surface area contributed by atoms with E-state index in [0.29, 0.717) is 5.56 Å². The number of phenols is 1. The van der Waals surface area contributed by atoms with Crippen LogP contribution in [-0.4, -0.2) is 16.2 Å². The molecule has 1 rings (SSSR count). The van der Waals surface area contributed by atoms with E-state index in [-0.39, 0.29) is 28.0 Å². The van der Waals surface area contributed by atoms with E-state index >= 15 is 0 Å². The number of aromatic hydroxyl groups is 1. The van der Waals surface area contributed by atoms with E-state index in [2.05, 4.69) is 15.9 Å². The number of phenolic OH excluding ortho intramolecular Hbond substituents is 1. The van der Waals surface area contributed by atoms with Gasteiger partial charge < -0.3 is 5.11 Å². The van der Waals surface area contributed by atoms with Gasteiger partial charge in [-0.25, -0.2) is 0 Å². The van der Waals surface area contributed by atoms with E-state index in [9.17, 15) is 9.90 Å². The van der Waals surface area contributed by atoms with Gasteiger partial charge in [-0.15, -0.1) is 0 Å². The molecule has 0 atom stereocenters. The number of hydrogen-bond acceptors (Lipinski definition) is 3. The van der Waals surface area contributed by atoms with Crippen LogP contribution in [0.25, 0.3) is 0 Å². The summed E-state index contributed by atoms with van der Waals surface area (Å²) in [6.45, 7) is 1.72. The maximum atomic E-state index is 11.4. The van der Waals surface area contributed by atoms with Crippen LogP contribution in [0.5, 0.6) is 5.75 Å². The van der Waals surface area contributed by atoms with Gasteiger partial charge in [-0.05, 0) is 18.6 Å². The second-order valence-corrected chi connectivity index (χ2v) is 3.38. The number of halogens is 1. The van der Waals surface area contributed by atoms with Gasteiger partial charge in [0, 0.05) is 0 Å². The van der Waals surface area contributed by atoms with E-state index in [4.69, 9.17) is 5.26 Å². The zero-order valence-electron chi connectivity index (χ0n) is 7.54. The minimum Gasteiger partial charge on any atom is -0.506 e. The fourth-order valence-electron chi connectivity index (χ4n) is 1.20. The monoisotopic (exact) mass is 253 g/mol. The van der Waals surface area contributed by atoms with Crippen LogP contribution in [0.15, 0.2) is 12.1 Å². The first-order chi connectivity index (χ1) is 6.61. The highest BCUT2D eigenvalue weighted by atomic mass is 79.9. The fourth-order valence-corrected chi connectivity index (χ4v) is 1.48. The Bertz CT molecular complexity index is 421. The van der Waals surface area contributed by atoms with E-state index in [1.165, 1.54) is 6.07 Å². The van der Waals surface area contributed by atoms with Crippen molar-refractivity contribution in [1.29, 1.82) is 5.26 Å². The maximum absolute atomic E-state index is 11.4. The van der Waals surface area contributed by atoms with Crippen molar-refractivity contribution in [3.05, 3.63) is 28.8 Å². The van der Waals surface area contributed by atoms with Crippen molar-refractivity contribution in [3.8, 4) is 11.8 Å². The number of rotatable bonds is 2. The molecule has 14 heavy (non-hydrogen) atoms. The molecule has 1 aromatic carbocycles. The number of alkyl halides is 1. The van der Waals surface area contributed by atoms with Crippen LogP contribution >= 0.6 is 15.9 Å². The quantitative estimate of drug-likeness (QED) is 0.649. The topological polar surface area (TPSA) is 61.1 Å². The minimum absolute atomic E-state index is 0.125. The Kier molecular flexibility index (Phi) is 3.26. The van der Waals surface area contributed by atoms with Crippen LogP contribution < -0.4 is 0 Å². The fraction of sp³-hybridized carbons (Fsp3) is 0.200. The normalized spacial score (nSPS) is 9.50. The molecular formula is C10H8BrNO2. The Labute approximate surface area is 90.1 Å². The number of nitrogens with zero attached hydrogens (tertiary/aromatic N) is 1. The summed E-state index contributed by atoms with van der Waals surface area (Å²) in [4.78, 5) is 11.4. The number of Topliss-reactive ketones (excluding diaryl/α,β-unsaturated/α-hetero) is 1. The van der Waals surface area contributed by atoms with Gasteiger partial charge in [-0.3, -0.25) is 4.79 Å². The number of hydrogen-bond donors (Lipinski definition) is 1. The number of aryl methyl sites for hydroxylation is 1. The molecule has 0 saturated heterocycles. The van der Waals surface area contributed by atoms with Crippen molar-refractivity contribution < 1.29 is 9.90 Å². The molecule has 4 heteroatoms. The van der Waals surface area contributed by atoms with Gasteiger partial charge in [-0.2, -0.15) is 5.26 Å². The molecule has 0 radical (unpaired) electrons. The maximum Gasteiger partial charge on any atom is 0.177 e. The molecule has 0 amide bonds. The lowest BCUT2D eigenvalue weighted by Gasteiger charge is -2.06. The smallest absolute Gasteiger partial charge is 0.177 e. The largest absolute Gasteiger partial charge is 0.506 e. The molecule has 0 spiro atoms.